The van der Waals surface area contributed by atoms with Crippen LogP contribution >= 0.6 is 0 Å². The van der Waals surface area contributed by atoms with E-state index in [4.69, 9.17) is 0 Å². The van der Waals surface area contributed by atoms with E-state index in [2.05, 4.69) is 23.9 Å². The van der Waals surface area contributed by atoms with Crippen LogP contribution in [0.4, 0.5) is 13.2 Å². The molecule has 0 fully saturated rings. The number of nitrogens with one attached hydrogen (secondary N) is 1. The predicted octanol–water partition coefficient (Wildman–Crippen LogP) is 2.59. The second-order valence-corrected chi connectivity index (χ2v) is 4.04. The highest BCUT2D eigenvalue weighted by Gasteiger charge is 2.36. The summed E-state index contributed by atoms with van der Waals surface area (Å²) in [5.74, 6) is 0.463. The Morgan fingerprint density at radius 2 is 1.67 bits per heavy atom. The van der Waals surface area contributed by atoms with Crippen LogP contribution < -0.4 is 5.32 Å². The smallest absolute Gasteiger partial charge is 0.368 e. The van der Waals surface area contributed by atoms with Crippen molar-refractivity contribution in [1.82, 2.24) is 5.32 Å². The van der Waals surface area contributed by atoms with Crippen molar-refractivity contribution in [2.75, 3.05) is 13.2 Å². The van der Waals surface area contributed by atoms with Crippen molar-refractivity contribution < 1.29 is 17.9 Å². The zero-order chi connectivity index (χ0) is 12.1. The first-order chi connectivity index (χ1) is 6.75. The molecule has 2 unspecified atom stereocenters. The van der Waals surface area contributed by atoms with E-state index in [1.165, 1.54) is 0 Å². The molecular weight excluding hydrogens is 207 g/mol. The summed E-state index contributed by atoms with van der Waals surface area (Å²) < 4.78 is 40.7. The van der Waals surface area contributed by atoms with Gasteiger partial charge < -0.3 is 10.1 Å². The number of hydrogen-bond donors (Lipinski definition) is 1. The maximum Gasteiger partial charge on any atom is 0.414 e. The molecule has 0 saturated heterocycles. The quantitative estimate of drug-likeness (QED) is 0.704. The molecule has 2 atom stereocenters. The van der Waals surface area contributed by atoms with Crippen LogP contribution in [0.3, 0.4) is 0 Å². The van der Waals surface area contributed by atoms with E-state index < -0.39 is 12.3 Å². The van der Waals surface area contributed by atoms with Crippen molar-refractivity contribution in [1.29, 1.82) is 0 Å². The first-order valence-corrected chi connectivity index (χ1v) is 5.16. The second-order valence-electron chi connectivity index (χ2n) is 4.04. The lowest BCUT2D eigenvalue weighted by Gasteiger charge is -2.19. The zero-order valence-electron chi connectivity index (χ0n) is 9.69. The first kappa shape index (κ1) is 14.7. The Labute approximate surface area is 89.2 Å². The largest absolute Gasteiger partial charge is 0.414 e. The molecule has 0 rings (SSSR count). The third-order valence-electron chi connectivity index (χ3n) is 2.40. The number of alkyl halides is 3. The van der Waals surface area contributed by atoms with Crippen LogP contribution in [-0.2, 0) is 4.74 Å². The van der Waals surface area contributed by atoms with Crippen LogP contribution in [0.1, 0.15) is 27.7 Å². The Hall–Kier alpha value is -0.290. The molecule has 2 nitrogen and oxygen atoms in total. The summed E-state index contributed by atoms with van der Waals surface area (Å²) in [5, 5.41) is 3.10. The molecule has 5 heteroatoms. The summed E-state index contributed by atoms with van der Waals surface area (Å²) in [5.41, 5.74) is 0. The Morgan fingerprint density at radius 1 is 1.13 bits per heavy atom. The van der Waals surface area contributed by atoms with Gasteiger partial charge in [0.2, 0.25) is 0 Å². The summed E-state index contributed by atoms with van der Waals surface area (Å²) in [7, 11) is 0. The van der Waals surface area contributed by atoms with Gasteiger partial charge in [0.05, 0.1) is 6.61 Å². The molecule has 15 heavy (non-hydrogen) atoms. The fourth-order valence-electron chi connectivity index (χ4n) is 0.852. The number of ether oxygens (including phenoxy) is 1. The van der Waals surface area contributed by atoms with Crippen LogP contribution in [0, 0.1) is 5.92 Å². The fraction of sp³-hybridized carbons (Fsp3) is 1.00. The van der Waals surface area contributed by atoms with Gasteiger partial charge in [0.1, 0.15) is 0 Å². The van der Waals surface area contributed by atoms with Gasteiger partial charge in [-0.3, -0.25) is 0 Å². The van der Waals surface area contributed by atoms with Crippen molar-refractivity contribution >= 4 is 0 Å². The molecule has 0 heterocycles. The minimum absolute atomic E-state index is 0.0811. The fourth-order valence-corrected chi connectivity index (χ4v) is 0.852. The van der Waals surface area contributed by atoms with Crippen molar-refractivity contribution in [3.05, 3.63) is 0 Å². The minimum Gasteiger partial charge on any atom is -0.368 e. The van der Waals surface area contributed by atoms with Gasteiger partial charge in [0, 0.05) is 12.6 Å². The van der Waals surface area contributed by atoms with Crippen molar-refractivity contribution in [3.8, 4) is 0 Å². The van der Waals surface area contributed by atoms with E-state index in [-0.39, 0.29) is 12.6 Å². The molecule has 0 saturated carbocycles. The van der Waals surface area contributed by atoms with Crippen molar-refractivity contribution in [3.63, 3.8) is 0 Å². The lowest BCUT2D eigenvalue weighted by molar-refractivity contribution is -0.213. The summed E-state index contributed by atoms with van der Waals surface area (Å²) >= 11 is 0. The Balaban J connectivity index is 3.55. The predicted molar refractivity (Wildman–Crippen MR) is 53.8 cm³/mol. The van der Waals surface area contributed by atoms with Crippen LogP contribution in [0.2, 0.25) is 0 Å². The highest BCUT2D eigenvalue weighted by molar-refractivity contribution is 4.65. The standard InChI is InChI=1S/C10H20F3NO/c1-7(2)8(3)14-5-6-15-9(4)10(11,12)13/h7-9,14H,5-6H2,1-4H3. The zero-order valence-corrected chi connectivity index (χ0v) is 9.69. The van der Waals surface area contributed by atoms with E-state index in [0.29, 0.717) is 12.5 Å². The van der Waals surface area contributed by atoms with Gasteiger partial charge in [-0.1, -0.05) is 13.8 Å². The first-order valence-electron chi connectivity index (χ1n) is 5.16. The van der Waals surface area contributed by atoms with Gasteiger partial charge in [0.25, 0.3) is 0 Å². The number of halogens is 3. The molecule has 0 aromatic heterocycles. The second kappa shape index (κ2) is 6.33. The monoisotopic (exact) mass is 227 g/mol. The van der Waals surface area contributed by atoms with Gasteiger partial charge in [-0.05, 0) is 19.8 Å². The summed E-state index contributed by atoms with van der Waals surface area (Å²) in [6, 6.07) is 0.287. The molecule has 0 amide bonds. The summed E-state index contributed by atoms with van der Waals surface area (Å²) in [6.07, 6.45) is -5.95. The third-order valence-corrected chi connectivity index (χ3v) is 2.40. The SMILES string of the molecule is CC(C)C(C)NCCOC(C)C(F)(F)F. The van der Waals surface area contributed by atoms with E-state index in [1.54, 1.807) is 0 Å². The molecular formula is C10H20F3NO. The van der Waals surface area contributed by atoms with Crippen LogP contribution in [0.25, 0.3) is 0 Å². The van der Waals surface area contributed by atoms with E-state index in [9.17, 15) is 13.2 Å². The van der Waals surface area contributed by atoms with E-state index in [1.807, 2.05) is 6.92 Å². The van der Waals surface area contributed by atoms with Gasteiger partial charge in [0.15, 0.2) is 6.10 Å². The Morgan fingerprint density at radius 3 is 2.07 bits per heavy atom. The van der Waals surface area contributed by atoms with E-state index >= 15 is 0 Å². The lowest BCUT2D eigenvalue weighted by atomic mass is 10.1. The van der Waals surface area contributed by atoms with Gasteiger partial charge in [-0.15, -0.1) is 0 Å². The molecule has 0 aliphatic rings. The van der Waals surface area contributed by atoms with Crippen LogP contribution in [0.15, 0.2) is 0 Å². The lowest BCUT2D eigenvalue weighted by Crippen LogP contribution is -2.36. The molecule has 0 bridgehead atoms. The molecule has 0 aromatic rings. The number of hydrogen-bond acceptors (Lipinski definition) is 2. The molecule has 0 radical (unpaired) electrons. The summed E-state index contributed by atoms with van der Waals surface area (Å²) in [4.78, 5) is 0. The third kappa shape index (κ3) is 6.73. The maximum absolute atomic E-state index is 12.0. The Bertz CT molecular complexity index is 171. The summed E-state index contributed by atoms with van der Waals surface area (Å²) in [6.45, 7) is 7.65. The molecule has 0 spiro atoms. The minimum atomic E-state index is -4.26. The highest BCUT2D eigenvalue weighted by atomic mass is 19.4. The molecule has 0 aromatic carbocycles. The average molecular weight is 227 g/mol. The average Bonchev–Trinajstić information content (AvgIpc) is 2.09. The van der Waals surface area contributed by atoms with Gasteiger partial charge >= 0.3 is 6.18 Å². The van der Waals surface area contributed by atoms with Gasteiger partial charge in [-0.25, -0.2) is 0 Å². The number of rotatable bonds is 6. The van der Waals surface area contributed by atoms with Crippen LogP contribution in [0.5, 0.6) is 0 Å². The molecule has 1 N–H and O–H groups in total. The maximum atomic E-state index is 12.0. The van der Waals surface area contributed by atoms with Crippen molar-refractivity contribution in [2.24, 2.45) is 5.92 Å². The molecule has 0 aliphatic carbocycles. The van der Waals surface area contributed by atoms with E-state index in [0.717, 1.165) is 6.92 Å². The van der Waals surface area contributed by atoms with Gasteiger partial charge in [-0.2, -0.15) is 13.2 Å². The highest BCUT2D eigenvalue weighted by Crippen LogP contribution is 2.21. The van der Waals surface area contributed by atoms with Crippen LogP contribution in [-0.4, -0.2) is 31.5 Å². The molecule has 0 aliphatic heterocycles. The Kier molecular flexibility index (Phi) is 6.20. The normalized spacial score (nSPS) is 16.8. The topological polar surface area (TPSA) is 21.3 Å². The van der Waals surface area contributed by atoms with Crippen molar-refractivity contribution in [2.45, 2.75) is 46.0 Å². The molecule has 92 valence electrons.